The van der Waals surface area contributed by atoms with Crippen molar-refractivity contribution < 1.29 is 4.39 Å². The summed E-state index contributed by atoms with van der Waals surface area (Å²) in [5.74, 6) is 1.80. The van der Waals surface area contributed by atoms with Crippen molar-refractivity contribution in [1.82, 2.24) is 19.6 Å². The molecule has 0 spiro atoms. The Bertz CT molecular complexity index is 1330. The lowest BCUT2D eigenvalue weighted by Crippen LogP contribution is -2.21. The van der Waals surface area contributed by atoms with Gasteiger partial charge < -0.3 is 9.80 Å². The van der Waals surface area contributed by atoms with E-state index in [1.54, 1.807) is 12.1 Å². The molecule has 168 valence electrons. The van der Waals surface area contributed by atoms with E-state index in [0.717, 1.165) is 48.1 Å². The normalized spacial score (nSPS) is 13.6. The summed E-state index contributed by atoms with van der Waals surface area (Å²) in [6.45, 7) is 3.58. The maximum absolute atomic E-state index is 12.9. The Hall–Kier alpha value is -3.51. The van der Waals surface area contributed by atoms with Crippen LogP contribution >= 0.6 is 11.3 Å². The highest BCUT2D eigenvalue weighted by Crippen LogP contribution is 2.37. The van der Waals surface area contributed by atoms with Gasteiger partial charge in [-0.3, -0.25) is 0 Å². The minimum Gasteiger partial charge on any atom is -0.355 e. The average Bonchev–Trinajstić information content (AvgIpc) is 3.61. The summed E-state index contributed by atoms with van der Waals surface area (Å²) in [6.07, 6.45) is 3.11. The van der Waals surface area contributed by atoms with E-state index < -0.39 is 6.67 Å². The number of rotatable bonds is 6. The number of nitrogens with zero attached hydrogens (tertiary/aromatic N) is 7. The molecule has 1 fully saturated rings. The Morgan fingerprint density at radius 1 is 1.12 bits per heavy atom. The average molecular weight is 462 g/mol. The second-order valence-corrected chi connectivity index (χ2v) is 9.04. The molecule has 5 rings (SSSR count). The van der Waals surface area contributed by atoms with Crippen LogP contribution in [0.1, 0.15) is 35.9 Å². The molecule has 0 aliphatic carbocycles. The van der Waals surface area contributed by atoms with E-state index in [2.05, 4.69) is 17.9 Å². The first kappa shape index (κ1) is 21.3. The van der Waals surface area contributed by atoms with Gasteiger partial charge in [-0.1, -0.05) is 42.5 Å². The summed E-state index contributed by atoms with van der Waals surface area (Å²) in [5, 5.41) is 15.3. The molecular weight excluding hydrogens is 437 g/mol. The van der Waals surface area contributed by atoms with E-state index in [4.69, 9.17) is 15.1 Å². The lowest BCUT2D eigenvalue weighted by atomic mass is 10.1. The first-order valence-corrected chi connectivity index (χ1v) is 11.9. The number of aromatic nitrogens is 4. The van der Waals surface area contributed by atoms with Crippen LogP contribution in [0.3, 0.4) is 0 Å². The maximum atomic E-state index is 12.9. The molecule has 1 aliphatic heterocycles. The molecule has 3 aromatic heterocycles. The van der Waals surface area contributed by atoms with Crippen LogP contribution in [0, 0.1) is 11.3 Å². The molecule has 33 heavy (non-hydrogen) atoms. The maximum Gasteiger partial charge on any atom is 0.192 e. The highest BCUT2D eigenvalue weighted by molar-refractivity contribution is 7.16. The van der Waals surface area contributed by atoms with Gasteiger partial charge in [0.05, 0.1) is 5.69 Å². The number of benzene rings is 1. The molecule has 0 N–H and O–H groups in total. The van der Waals surface area contributed by atoms with Crippen molar-refractivity contribution in [3.8, 4) is 17.3 Å². The number of alkyl halides is 1. The van der Waals surface area contributed by atoms with Crippen LogP contribution < -0.4 is 9.80 Å². The molecule has 0 amide bonds. The Labute approximate surface area is 195 Å². The van der Waals surface area contributed by atoms with Gasteiger partial charge in [-0.15, -0.1) is 5.10 Å². The summed E-state index contributed by atoms with van der Waals surface area (Å²) in [6, 6.07) is 13.4. The number of hydrogen-bond acceptors (Lipinski definition) is 7. The van der Waals surface area contributed by atoms with Gasteiger partial charge in [0.25, 0.3) is 0 Å². The largest absolute Gasteiger partial charge is 0.355 e. The van der Waals surface area contributed by atoms with Gasteiger partial charge >= 0.3 is 0 Å². The van der Waals surface area contributed by atoms with E-state index in [9.17, 15) is 9.65 Å². The summed E-state index contributed by atoms with van der Waals surface area (Å²) in [5.41, 5.74) is 3.71. The molecule has 0 bridgehead atoms. The number of thiazole rings is 1. The number of halogens is 1. The highest BCUT2D eigenvalue weighted by Gasteiger charge is 2.23. The van der Waals surface area contributed by atoms with E-state index in [-0.39, 0.29) is 0 Å². The van der Waals surface area contributed by atoms with E-state index in [1.807, 2.05) is 40.7 Å². The van der Waals surface area contributed by atoms with Gasteiger partial charge in [-0.2, -0.15) is 9.78 Å². The summed E-state index contributed by atoms with van der Waals surface area (Å²) >= 11 is 1.33. The van der Waals surface area contributed by atoms with E-state index >= 15 is 0 Å². The van der Waals surface area contributed by atoms with Crippen molar-refractivity contribution in [2.24, 2.45) is 0 Å². The van der Waals surface area contributed by atoms with Gasteiger partial charge in [0.1, 0.15) is 29.1 Å². The smallest absolute Gasteiger partial charge is 0.192 e. The third-order valence-corrected chi connectivity index (χ3v) is 7.01. The predicted molar refractivity (Wildman–Crippen MR) is 129 cm³/mol. The molecule has 4 aromatic rings. The lowest BCUT2D eigenvalue weighted by Gasteiger charge is -2.19. The lowest BCUT2D eigenvalue weighted by molar-refractivity contribution is 0.485. The Morgan fingerprint density at radius 2 is 1.88 bits per heavy atom. The fourth-order valence-electron chi connectivity index (χ4n) is 4.21. The summed E-state index contributed by atoms with van der Waals surface area (Å²) in [7, 11) is 1.93. The van der Waals surface area contributed by atoms with Crippen molar-refractivity contribution >= 4 is 33.8 Å². The topological polar surface area (TPSA) is 73.4 Å². The Kier molecular flexibility index (Phi) is 5.68. The van der Waals surface area contributed by atoms with Crippen LogP contribution in [0.15, 0.2) is 36.4 Å². The number of imidazole rings is 1. The van der Waals surface area contributed by atoms with Gasteiger partial charge in [-0.25, -0.2) is 14.4 Å². The number of hydrogen-bond donors (Lipinski definition) is 0. The second kappa shape index (κ2) is 8.79. The number of anilines is 3. The zero-order valence-electron chi connectivity index (χ0n) is 18.6. The third kappa shape index (κ3) is 3.80. The highest BCUT2D eigenvalue weighted by atomic mass is 32.1. The van der Waals surface area contributed by atoms with Crippen LogP contribution in [0.25, 0.3) is 16.9 Å². The predicted octanol–water partition coefficient (Wildman–Crippen LogP) is 5.12. The first-order chi connectivity index (χ1) is 16.1. The van der Waals surface area contributed by atoms with Crippen LogP contribution in [-0.2, 0) is 13.1 Å². The first-order valence-electron chi connectivity index (χ1n) is 11.1. The van der Waals surface area contributed by atoms with E-state index in [1.165, 1.54) is 24.2 Å². The molecular formula is C24H24FN7S. The zero-order valence-corrected chi connectivity index (χ0v) is 19.4. The fraction of sp³-hybridized carbons (Fsp3) is 0.333. The fourth-order valence-corrected chi connectivity index (χ4v) is 5.06. The zero-order chi connectivity index (χ0) is 22.9. The van der Waals surface area contributed by atoms with Crippen molar-refractivity contribution in [3.63, 3.8) is 0 Å². The number of nitriles is 1. The molecule has 1 saturated heterocycles. The minimum atomic E-state index is -0.517. The standard InChI is InChI=1S/C24H24FN7S/c1-3-18-23(32-20(27-18)10-11-21(29-32)31-12-4-5-13-31)30(2)24-28-22(19(15-26)33-24)17-8-6-16(14-25)7-9-17/h6-11H,3-5,12-14H2,1-2H3. The molecule has 1 aromatic carbocycles. The van der Waals surface area contributed by atoms with Crippen LogP contribution in [0.2, 0.25) is 0 Å². The van der Waals surface area contributed by atoms with Crippen LogP contribution in [0.5, 0.6) is 0 Å². The van der Waals surface area contributed by atoms with Crippen LogP contribution in [-0.4, -0.2) is 39.7 Å². The summed E-state index contributed by atoms with van der Waals surface area (Å²) in [4.78, 5) is 14.4. The Balaban J connectivity index is 1.58. The van der Waals surface area contributed by atoms with Gasteiger partial charge in [-0.05, 0) is 37.0 Å². The van der Waals surface area contributed by atoms with Gasteiger partial charge in [0.15, 0.2) is 16.6 Å². The molecule has 4 heterocycles. The molecule has 0 saturated carbocycles. The van der Waals surface area contributed by atoms with Gasteiger partial charge in [0.2, 0.25) is 0 Å². The van der Waals surface area contributed by atoms with Crippen molar-refractivity contribution in [2.75, 3.05) is 29.9 Å². The molecule has 0 unspecified atom stereocenters. The molecule has 0 atom stereocenters. The molecule has 7 nitrogen and oxygen atoms in total. The molecule has 0 radical (unpaired) electrons. The SMILES string of the molecule is CCc1nc2ccc(N3CCCC3)nn2c1N(C)c1nc(-c2ccc(CF)cc2)c(C#N)s1. The third-order valence-electron chi connectivity index (χ3n) is 5.98. The quantitative estimate of drug-likeness (QED) is 0.397. The minimum absolute atomic E-state index is 0.516. The monoisotopic (exact) mass is 461 g/mol. The number of aryl methyl sites for hydroxylation is 1. The molecule has 1 aliphatic rings. The van der Waals surface area contributed by atoms with Crippen molar-refractivity contribution in [3.05, 3.63) is 52.5 Å². The van der Waals surface area contributed by atoms with Crippen molar-refractivity contribution in [2.45, 2.75) is 32.9 Å². The van der Waals surface area contributed by atoms with Gasteiger partial charge in [0, 0.05) is 25.7 Å². The van der Waals surface area contributed by atoms with Crippen molar-refractivity contribution in [1.29, 1.82) is 5.26 Å². The summed E-state index contributed by atoms with van der Waals surface area (Å²) < 4.78 is 14.8. The number of fused-ring (bicyclic) bond motifs is 1. The second-order valence-electron chi connectivity index (χ2n) is 8.07. The Morgan fingerprint density at radius 3 is 2.55 bits per heavy atom. The van der Waals surface area contributed by atoms with Crippen LogP contribution in [0.4, 0.5) is 21.2 Å². The molecule has 9 heteroatoms. The van der Waals surface area contributed by atoms with E-state index in [0.29, 0.717) is 21.3 Å².